The van der Waals surface area contributed by atoms with Crippen LogP contribution in [0.1, 0.15) is 57.7 Å². The Morgan fingerprint density at radius 1 is 1.22 bits per heavy atom. The number of carbonyl (C=O) groups is 1. The molecule has 3 fully saturated rings. The number of ether oxygens (including phenoxy) is 1. The Balaban J connectivity index is 1.52. The summed E-state index contributed by atoms with van der Waals surface area (Å²) in [7, 11) is 0. The molecule has 1 amide bonds. The van der Waals surface area contributed by atoms with Crippen molar-refractivity contribution in [3.05, 3.63) is 52.3 Å². The zero-order valence-corrected chi connectivity index (χ0v) is 22.3. The third-order valence-corrected chi connectivity index (χ3v) is 8.37. The van der Waals surface area contributed by atoms with Gasteiger partial charge in [-0.2, -0.15) is 0 Å². The van der Waals surface area contributed by atoms with Gasteiger partial charge in [0.2, 0.25) is 0 Å². The number of fused-ring (bicyclic) bond motifs is 4. The van der Waals surface area contributed by atoms with Crippen LogP contribution in [0.3, 0.4) is 0 Å². The van der Waals surface area contributed by atoms with Crippen molar-refractivity contribution >= 4 is 17.7 Å². The van der Waals surface area contributed by atoms with Crippen molar-refractivity contribution in [3.63, 3.8) is 0 Å². The Hall–Kier alpha value is -2.31. The Kier molecular flexibility index (Phi) is 6.71. The molecule has 36 heavy (non-hydrogen) atoms. The van der Waals surface area contributed by atoms with Crippen LogP contribution in [0.5, 0.6) is 5.75 Å². The molecule has 3 heterocycles. The lowest BCUT2D eigenvalue weighted by Gasteiger charge is -2.51. The third kappa shape index (κ3) is 4.70. The fraction of sp³-hybridized carbons (Fsp3) is 0.552. The van der Waals surface area contributed by atoms with Crippen LogP contribution < -0.4 is 4.74 Å². The number of benzene rings is 2. The summed E-state index contributed by atoms with van der Waals surface area (Å²) in [5.74, 6) is 0.971. The number of piperidine rings is 3. The van der Waals surface area contributed by atoms with Crippen molar-refractivity contribution in [1.82, 2.24) is 9.80 Å². The molecule has 3 saturated heterocycles. The van der Waals surface area contributed by atoms with Gasteiger partial charge in [-0.25, -0.2) is 9.18 Å². The molecule has 0 radical (unpaired) electrons. The molecule has 0 saturated carbocycles. The molecule has 6 rings (SSSR count). The number of hydrogen-bond acceptors (Lipinski definition) is 3. The number of carboxylic acid groups (broad SMARTS) is 1. The molecule has 1 N–H and O–H groups in total. The number of nitrogens with zero attached hydrogens (tertiary/aromatic N) is 2. The maximum absolute atomic E-state index is 15.7. The van der Waals surface area contributed by atoms with E-state index in [2.05, 4.69) is 32.6 Å². The minimum absolute atomic E-state index is 0.0587. The Labute approximate surface area is 218 Å². The van der Waals surface area contributed by atoms with E-state index >= 15 is 4.39 Å². The summed E-state index contributed by atoms with van der Waals surface area (Å²) < 4.78 is 21.6. The molecule has 5 nitrogen and oxygen atoms in total. The minimum atomic E-state index is -0.911. The van der Waals surface area contributed by atoms with Gasteiger partial charge < -0.3 is 14.7 Å². The van der Waals surface area contributed by atoms with Gasteiger partial charge in [-0.3, -0.25) is 4.90 Å². The maximum atomic E-state index is 15.7. The molecule has 0 unspecified atom stereocenters. The Bertz CT molecular complexity index is 1160. The lowest BCUT2D eigenvalue weighted by Crippen LogP contribution is -2.60. The first-order chi connectivity index (χ1) is 17.0. The maximum Gasteiger partial charge on any atom is 0.408 e. The summed E-state index contributed by atoms with van der Waals surface area (Å²) >= 11 is 6.37. The highest BCUT2D eigenvalue weighted by atomic mass is 35.5. The predicted octanol–water partition coefficient (Wildman–Crippen LogP) is 6.88. The van der Waals surface area contributed by atoms with Crippen molar-refractivity contribution in [2.24, 2.45) is 17.3 Å². The topological polar surface area (TPSA) is 53.0 Å². The SMILES string of the molecule is CC(C)COc1cc(Cl)cc(-c2cc3c(cc2F)[C@H](N(C(=O)O)[C@@H]2CN4CCC2CC4)C(C)(C)C3)c1. The number of hydrogen-bond donors (Lipinski definition) is 1. The van der Waals surface area contributed by atoms with E-state index in [9.17, 15) is 9.90 Å². The van der Waals surface area contributed by atoms with Crippen molar-refractivity contribution in [3.8, 4) is 16.9 Å². The van der Waals surface area contributed by atoms with Crippen LogP contribution in [-0.2, 0) is 6.42 Å². The van der Waals surface area contributed by atoms with E-state index in [0.717, 1.165) is 43.6 Å². The molecular weight excluding hydrogens is 479 g/mol. The van der Waals surface area contributed by atoms with Gasteiger partial charge in [0.05, 0.1) is 18.7 Å². The molecule has 7 heteroatoms. The summed E-state index contributed by atoms with van der Waals surface area (Å²) in [5, 5.41) is 10.9. The molecule has 2 atom stereocenters. The predicted molar refractivity (Wildman–Crippen MR) is 140 cm³/mol. The second-order valence-electron chi connectivity index (χ2n) is 11.9. The largest absolute Gasteiger partial charge is 0.493 e. The van der Waals surface area contributed by atoms with E-state index < -0.39 is 6.09 Å². The van der Waals surface area contributed by atoms with E-state index in [4.69, 9.17) is 16.3 Å². The Morgan fingerprint density at radius 2 is 1.94 bits per heavy atom. The monoisotopic (exact) mass is 514 g/mol. The number of rotatable bonds is 6. The average Bonchev–Trinajstić information content (AvgIpc) is 3.07. The zero-order chi connectivity index (χ0) is 25.8. The van der Waals surface area contributed by atoms with Crippen LogP contribution in [0.15, 0.2) is 30.3 Å². The molecule has 2 aromatic rings. The van der Waals surface area contributed by atoms with Crippen molar-refractivity contribution in [2.75, 3.05) is 26.2 Å². The average molecular weight is 515 g/mol. The van der Waals surface area contributed by atoms with Crippen LogP contribution >= 0.6 is 11.6 Å². The van der Waals surface area contributed by atoms with Crippen LogP contribution in [0.4, 0.5) is 9.18 Å². The van der Waals surface area contributed by atoms with E-state index in [1.807, 2.05) is 12.1 Å². The fourth-order valence-electron chi connectivity index (χ4n) is 6.55. The van der Waals surface area contributed by atoms with Gasteiger partial charge in [-0.05, 0) is 96.6 Å². The highest BCUT2D eigenvalue weighted by Crippen LogP contribution is 2.52. The van der Waals surface area contributed by atoms with E-state index in [-0.39, 0.29) is 23.3 Å². The van der Waals surface area contributed by atoms with Crippen molar-refractivity contribution < 1.29 is 19.0 Å². The van der Waals surface area contributed by atoms with Crippen LogP contribution in [0.2, 0.25) is 5.02 Å². The fourth-order valence-corrected chi connectivity index (χ4v) is 6.78. The summed E-state index contributed by atoms with van der Waals surface area (Å²) in [4.78, 5) is 16.7. The van der Waals surface area contributed by atoms with Gasteiger partial charge in [-0.15, -0.1) is 0 Å². The highest BCUT2D eigenvalue weighted by molar-refractivity contribution is 6.31. The molecule has 3 aliphatic heterocycles. The number of amides is 1. The molecule has 4 aliphatic rings. The van der Waals surface area contributed by atoms with Crippen molar-refractivity contribution in [1.29, 1.82) is 0 Å². The quantitative estimate of drug-likeness (QED) is 0.456. The smallest absolute Gasteiger partial charge is 0.408 e. The van der Waals surface area contributed by atoms with E-state index in [1.165, 1.54) is 0 Å². The van der Waals surface area contributed by atoms with E-state index in [1.54, 1.807) is 23.1 Å². The Morgan fingerprint density at radius 3 is 2.56 bits per heavy atom. The molecule has 0 aromatic heterocycles. The molecule has 0 spiro atoms. The molecule has 2 aromatic carbocycles. The summed E-state index contributed by atoms with van der Waals surface area (Å²) in [5.41, 5.74) is 2.57. The number of halogens is 2. The van der Waals surface area contributed by atoms with Crippen LogP contribution in [0.25, 0.3) is 11.1 Å². The zero-order valence-electron chi connectivity index (χ0n) is 21.6. The van der Waals surface area contributed by atoms with E-state index in [0.29, 0.717) is 46.8 Å². The summed E-state index contributed by atoms with van der Waals surface area (Å²) in [6, 6.07) is 8.34. The standard InChI is InChI=1S/C29H36ClFN2O3/c1-17(2)16-36-22-10-19(9-21(30)12-22)23-11-20-14-29(3,4)27(24(20)13-25(23)31)33(28(34)35)26-15-32-7-5-18(26)6-8-32/h9-13,17-18,26-27H,5-8,14-16H2,1-4H3,(H,34,35)/t26-,27+/m1/s1. The lowest BCUT2D eigenvalue weighted by atomic mass is 9.79. The van der Waals surface area contributed by atoms with Gasteiger partial charge in [0.1, 0.15) is 11.6 Å². The van der Waals surface area contributed by atoms with Crippen LogP contribution in [-0.4, -0.2) is 53.3 Å². The van der Waals surface area contributed by atoms with Crippen LogP contribution in [0, 0.1) is 23.1 Å². The van der Waals surface area contributed by atoms with Crippen molar-refractivity contribution in [2.45, 2.75) is 59.0 Å². The highest BCUT2D eigenvalue weighted by Gasteiger charge is 2.50. The first-order valence-corrected chi connectivity index (χ1v) is 13.4. The molecule has 2 bridgehead atoms. The summed E-state index contributed by atoms with van der Waals surface area (Å²) in [6.07, 6.45) is 1.82. The molecule has 1 aliphatic carbocycles. The first-order valence-electron chi connectivity index (χ1n) is 13.0. The molecular formula is C29H36ClFN2O3. The summed E-state index contributed by atoms with van der Waals surface area (Å²) in [6.45, 7) is 11.7. The van der Waals surface area contributed by atoms with Gasteiger partial charge in [-0.1, -0.05) is 39.3 Å². The normalized spacial score (nSPS) is 26.2. The second-order valence-corrected chi connectivity index (χ2v) is 12.3. The van der Waals surface area contributed by atoms with Gasteiger partial charge >= 0.3 is 6.09 Å². The third-order valence-electron chi connectivity index (χ3n) is 8.15. The van der Waals surface area contributed by atoms with Gasteiger partial charge in [0, 0.05) is 17.1 Å². The first kappa shape index (κ1) is 25.3. The molecule has 194 valence electrons. The van der Waals surface area contributed by atoms with Gasteiger partial charge in [0.15, 0.2) is 0 Å². The lowest BCUT2D eigenvalue weighted by molar-refractivity contribution is -0.0267. The van der Waals surface area contributed by atoms with Gasteiger partial charge in [0.25, 0.3) is 0 Å². The minimum Gasteiger partial charge on any atom is -0.493 e. The second kappa shape index (κ2) is 9.53.